The van der Waals surface area contributed by atoms with Crippen molar-refractivity contribution in [1.29, 1.82) is 0 Å². The molecule has 0 saturated carbocycles. The Morgan fingerprint density at radius 1 is 1.04 bits per heavy atom. The highest BCUT2D eigenvalue weighted by Gasteiger charge is 2.04. The number of hydrogen-bond acceptors (Lipinski definition) is 2. The fourth-order valence-corrected chi connectivity index (χ4v) is 2.32. The second-order valence-corrected chi connectivity index (χ2v) is 5.87. The molecule has 0 aliphatic carbocycles. The van der Waals surface area contributed by atoms with Crippen LogP contribution in [0, 0.1) is 6.92 Å². The standard InChI is InChI=1S/C19H23N3S/c1-3-4-10-18(16-8-6-5-7-9-16)21-22-19(23)20-17-13-11-15(2)12-14-17/h5-9,11-14H,3-4,10H2,1-2H3,(H2,20,22,23)/b21-18+. The summed E-state index contributed by atoms with van der Waals surface area (Å²) in [5, 5.41) is 8.15. The molecule has 2 aromatic rings. The number of hydrazone groups is 1. The zero-order valence-corrected chi connectivity index (χ0v) is 14.5. The molecule has 2 N–H and O–H groups in total. The van der Waals surface area contributed by atoms with Gasteiger partial charge in [0.2, 0.25) is 0 Å². The molecule has 0 aliphatic rings. The first kappa shape index (κ1) is 17.2. The Bertz CT molecular complexity index is 648. The predicted octanol–water partition coefficient (Wildman–Crippen LogP) is 4.88. The normalized spacial score (nSPS) is 11.1. The second-order valence-electron chi connectivity index (χ2n) is 5.46. The summed E-state index contributed by atoms with van der Waals surface area (Å²) in [6, 6.07) is 18.3. The maximum Gasteiger partial charge on any atom is 0.191 e. The molecule has 120 valence electrons. The first-order valence-electron chi connectivity index (χ1n) is 7.94. The molecule has 0 aromatic heterocycles. The molecule has 0 fully saturated rings. The fraction of sp³-hybridized carbons (Fsp3) is 0.263. The highest BCUT2D eigenvalue weighted by molar-refractivity contribution is 7.80. The second kappa shape index (κ2) is 9.06. The average molecular weight is 325 g/mol. The molecule has 3 nitrogen and oxygen atoms in total. The van der Waals surface area contributed by atoms with Gasteiger partial charge in [-0.25, -0.2) is 0 Å². The summed E-state index contributed by atoms with van der Waals surface area (Å²) in [6.07, 6.45) is 3.17. The van der Waals surface area contributed by atoms with E-state index >= 15 is 0 Å². The van der Waals surface area contributed by atoms with Gasteiger partial charge in [0.25, 0.3) is 0 Å². The summed E-state index contributed by atoms with van der Waals surface area (Å²) < 4.78 is 0. The van der Waals surface area contributed by atoms with E-state index in [9.17, 15) is 0 Å². The number of unbranched alkanes of at least 4 members (excludes halogenated alkanes) is 1. The van der Waals surface area contributed by atoms with Crippen LogP contribution in [-0.2, 0) is 0 Å². The number of nitrogens with zero attached hydrogens (tertiary/aromatic N) is 1. The topological polar surface area (TPSA) is 36.4 Å². The molecule has 0 bridgehead atoms. The lowest BCUT2D eigenvalue weighted by atomic mass is 10.1. The summed E-state index contributed by atoms with van der Waals surface area (Å²) in [6.45, 7) is 4.24. The number of anilines is 1. The molecular formula is C19H23N3S. The molecule has 0 aliphatic heterocycles. The van der Waals surface area contributed by atoms with Gasteiger partial charge in [-0.3, -0.25) is 5.43 Å². The van der Waals surface area contributed by atoms with E-state index in [4.69, 9.17) is 12.2 Å². The summed E-state index contributed by atoms with van der Waals surface area (Å²) in [5.41, 5.74) is 7.30. The number of aryl methyl sites for hydroxylation is 1. The molecule has 2 aromatic carbocycles. The monoisotopic (exact) mass is 325 g/mol. The molecule has 0 spiro atoms. The molecule has 4 heteroatoms. The van der Waals surface area contributed by atoms with Crippen molar-refractivity contribution in [2.24, 2.45) is 5.10 Å². The van der Waals surface area contributed by atoms with Gasteiger partial charge >= 0.3 is 0 Å². The quantitative estimate of drug-likeness (QED) is 0.452. The van der Waals surface area contributed by atoms with E-state index in [2.05, 4.69) is 41.8 Å². The van der Waals surface area contributed by atoms with Crippen LogP contribution < -0.4 is 10.7 Å². The lowest BCUT2D eigenvalue weighted by Gasteiger charge is -2.10. The largest absolute Gasteiger partial charge is 0.331 e. The van der Waals surface area contributed by atoms with Crippen molar-refractivity contribution >= 4 is 28.7 Å². The molecular weight excluding hydrogens is 302 g/mol. The fourth-order valence-electron chi connectivity index (χ4n) is 2.15. The summed E-state index contributed by atoms with van der Waals surface area (Å²) in [7, 11) is 0. The SMILES string of the molecule is CCCC/C(=N\NC(=S)Nc1ccc(C)cc1)c1ccccc1. The Kier molecular flexibility index (Phi) is 6.76. The number of thiocarbonyl (C=S) groups is 1. The van der Waals surface area contributed by atoms with Crippen molar-refractivity contribution in [2.75, 3.05) is 5.32 Å². The Hall–Kier alpha value is -2.20. The third-order valence-electron chi connectivity index (χ3n) is 3.48. The molecule has 0 saturated heterocycles. The summed E-state index contributed by atoms with van der Waals surface area (Å²) in [5.74, 6) is 0. The van der Waals surface area contributed by atoms with Crippen LogP contribution in [0.5, 0.6) is 0 Å². The maximum atomic E-state index is 5.32. The van der Waals surface area contributed by atoms with Crippen LogP contribution in [0.1, 0.15) is 37.3 Å². The van der Waals surface area contributed by atoms with Crippen LogP contribution in [0.25, 0.3) is 0 Å². The lowest BCUT2D eigenvalue weighted by molar-refractivity contribution is 0.828. The van der Waals surface area contributed by atoms with Crippen LogP contribution in [0.4, 0.5) is 5.69 Å². The van der Waals surface area contributed by atoms with E-state index < -0.39 is 0 Å². The third kappa shape index (κ3) is 5.83. The summed E-state index contributed by atoms with van der Waals surface area (Å²) in [4.78, 5) is 0. The molecule has 0 radical (unpaired) electrons. The van der Waals surface area contributed by atoms with E-state index in [-0.39, 0.29) is 0 Å². The molecule has 0 unspecified atom stereocenters. The first-order chi connectivity index (χ1) is 11.2. The Morgan fingerprint density at radius 3 is 2.39 bits per heavy atom. The zero-order valence-electron chi connectivity index (χ0n) is 13.7. The van der Waals surface area contributed by atoms with Gasteiger partial charge in [0.15, 0.2) is 5.11 Å². The van der Waals surface area contributed by atoms with Crippen LogP contribution in [-0.4, -0.2) is 10.8 Å². The van der Waals surface area contributed by atoms with Gasteiger partial charge in [0.05, 0.1) is 5.71 Å². The number of rotatable bonds is 6. The Morgan fingerprint density at radius 2 is 1.74 bits per heavy atom. The van der Waals surface area contributed by atoms with Crippen molar-refractivity contribution in [2.45, 2.75) is 33.1 Å². The smallest absolute Gasteiger partial charge is 0.191 e. The first-order valence-corrected chi connectivity index (χ1v) is 8.35. The predicted molar refractivity (Wildman–Crippen MR) is 103 cm³/mol. The highest BCUT2D eigenvalue weighted by Crippen LogP contribution is 2.09. The lowest BCUT2D eigenvalue weighted by Crippen LogP contribution is -2.25. The van der Waals surface area contributed by atoms with Gasteiger partial charge in [0, 0.05) is 5.69 Å². The minimum absolute atomic E-state index is 0.499. The van der Waals surface area contributed by atoms with Crippen LogP contribution >= 0.6 is 12.2 Å². The van der Waals surface area contributed by atoms with E-state index in [0.717, 1.165) is 36.2 Å². The molecule has 0 atom stereocenters. The average Bonchev–Trinajstić information content (AvgIpc) is 2.58. The molecule has 23 heavy (non-hydrogen) atoms. The van der Waals surface area contributed by atoms with Crippen LogP contribution in [0.2, 0.25) is 0 Å². The van der Waals surface area contributed by atoms with E-state index in [1.807, 2.05) is 42.5 Å². The van der Waals surface area contributed by atoms with Gasteiger partial charge in [-0.15, -0.1) is 0 Å². The van der Waals surface area contributed by atoms with Crippen molar-refractivity contribution < 1.29 is 0 Å². The van der Waals surface area contributed by atoms with Crippen LogP contribution in [0.3, 0.4) is 0 Å². The molecule has 2 rings (SSSR count). The van der Waals surface area contributed by atoms with Gasteiger partial charge in [-0.05, 0) is 49.7 Å². The van der Waals surface area contributed by atoms with Crippen molar-refractivity contribution in [3.8, 4) is 0 Å². The van der Waals surface area contributed by atoms with Crippen molar-refractivity contribution in [3.63, 3.8) is 0 Å². The number of benzene rings is 2. The number of hydrogen-bond donors (Lipinski definition) is 2. The van der Waals surface area contributed by atoms with Gasteiger partial charge in [-0.1, -0.05) is 61.4 Å². The van der Waals surface area contributed by atoms with E-state index in [0.29, 0.717) is 5.11 Å². The van der Waals surface area contributed by atoms with Gasteiger partial charge in [0.1, 0.15) is 0 Å². The van der Waals surface area contributed by atoms with Gasteiger partial charge in [-0.2, -0.15) is 5.10 Å². The van der Waals surface area contributed by atoms with Crippen molar-refractivity contribution in [3.05, 3.63) is 65.7 Å². The maximum absolute atomic E-state index is 5.32. The van der Waals surface area contributed by atoms with Gasteiger partial charge < -0.3 is 5.32 Å². The minimum Gasteiger partial charge on any atom is -0.331 e. The third-order valence-corrected chi connectivity index (χ3v) is 3.67. The Balaban J connectivity index is 2.01. The number of nitrogens with one attached hydrogen (secondary N) is 2. The zero-order chi connectivity index (χ0) is 16.5. The summed E-state index contributed by atoms with van der Waals surface area (Å²) >= 11 is 5.32. The van der Waals surface area contributed by atoms with E-state index in [1.54, 1.807) is 0 Å². The van der Waals surface area contributed by atoms with E-state index in [1.165, 1.54) is 5.56 Å². The highest BCUT2D eigenvalue weighted by atomic mass is 32.1. The molecule has 0 heterocycles. The molecule has 0 amide bonds. The van der Waals surface area contributed by atoms with Crippen LogP contribution in [0.15, 0.2) is 59.7 Å². The van der Waals surface area contributed by atoms with Crippen molar-refractivity contribution in [1.82, 2.24) is 5.43 Å². The Labute approximate surface area is 143 Å². The minimum atomic E-state index is 0.499.